The zero-order chi connectivity index (χ0) is 14.8. The molecule has 21 heavy (non-hydrogen) atoms. The lowest BCUT2D eigenvalue weighted by molar-refractivity contribution is 0.415. The number of fused-ring (bicyclic) bond motifs is 1. The number of pyridine rings is 1. The smallest absolute Gasteiger partial charge is 0.120 e. The van der Waals surface area contributed by atoms with Crippen molar-refractivity contribution in [1.29, 1.82) is 0 Å². The molecule has 0 aliphatic heterocycles. The molecule has 0 unspecified atom stereocenters. The average Bonchev–Trinajstić information content (AvgIpc) is 2.52. The fourth-order valence-corrected chi connectivity index (χ4v) is 2.43. The van der Waals surface area contributed by atoms with Gasteiger partial charge in [-0.3, -0.25) is 4.98 Å². The van der Waals surface area contributed by atoms with E-state index in [0.717, 1.165) is 28.0 Å². The van der Waals surface area contributed by atoms with Crippen LogP contribution < -0.4 is 10.1 Å². The Morgan fingerprint density at radius 3 is 2.71 bits per heavy atom. The van der Waals surface area contributed by atoms with E-state index in [2.05, 4.69) is 36.3 Å². The molecule has 1 heterocycles. The van der Waals surface area contributed by atoms with Gasteiger partial charge in [-0.1, -0.05) is 18.2 Å². The lowest BCUT2D eigenvalue weighted by atomic mass is 10.0. The van der Waals surface area contributed by atoms with Crippen LogP contribution in [0, 0.1) is 13.8 Å². The van der Waals surface area contributed by atoms with E-state index < -0.39 is 0 Å². The molecule has 0 spiro atoms. The standard InChI is InChI=1S/C18H18N2O/c1-12-7-8-16-17(9-10-19-18(16)13(12)2)20-14-5-4-6-15(11-14)21-3/h4-11H,1-3H3,(H,19,20). The van der Waals surface area contributed by atoms with E-state index in [9.17, 15) is 0 Å². The maximum Gasteiger partial charge on any atom is 0.120 e. The zero-order valence-electron chi connectivity index (χ0n) is 12.5. The first-order valence-corrected chi connectivity index (χ1v) is 6.95. The second-order valence-corrected chi connectivity index (χ2v) is 5.12. The first-order valence-electron chi connectivity index (χ1n) is 6.95. The predicted molar refractivity (Wildman–Crippen MR) is 87.5 cm³/mol. The van der Waals surface area contributed by atoms with Crippen molar-refractivity contribution < 1.29 is 4.74 Å². The summed E-state index contributed by atoms with van der Waals surface area (Å²) in [5, 5.41) is 4.58. The molecule has 0 bridgehead atoms. The summed E-state index contributed by atoms with van der Waals surface area (Å²) in [6.07, 6.45) is 1.84. The molecule has 2 aromatic carbocycles. The van der Waals surface area contributed by atoms with E-state index in [1.807, 2.05) is 36.5 Å². The molecule has 0 aliphatic rings. The molecular formula is C18H18N2O. The van der Waals surface area contributed by atoms with E-state index in [4.69, 9.17) is 4.74 Å². The van der Waals surface area contributed by atoms with Crippen molar-refractivity contribution in [2.45, 2.75) is 13.8 Å². The van der Waals surface area contributed by atoms with Gasteiger partial charge in [0, 0.05) is 29.0 Å². The summed E-state index contributed by atoms with van der Waals surface area (Å²) >= 11 is 0. The van der Waals surface area contributed by atoms with Crippen molar-refractivity contribution in [3.05, 3.63) is 59.8 Å². The van der Waals surface area contributed by atoms with Crippen LogP contribution in [0.25, 0.3) is 10.9 Å². The van der Waals surface area contributed by atoms with Gasteiger partial charge in [0.25, 0.3) is 0 Å². The number of aromatic nitrogens is 1. The molecular weight excluding hydrogens is 260 g/mol. The minimum Gasteiger partial charge on any atom is -0.497 e. The Labute approximate surface area is 124 Å². The summed E-state index contributed by atoms with van der Waals surface area (Å²) in [7, 11) is 1.67. The van der Waals surface area contributed by atoms with Crippen LogP contribution in [-0.2, 0) is 0 Å². The fraction of sp³-hybridized carbons (Fsp3) is 0.167. The number of hydrogen-bond acceptors (Lipinski definition) is 3. The molecule has 3 heteroatoms. The van der Waals surface area contributed by atoms with Crippen molar-refractivity contribution in [3.8, 4) is 5.75 Å². The number of benzene rings is 2. The molecule has 1 aromatic heterocycles. The van der Waals surface area contributed by atoms with Gasteiger partial charge in [-0.2, -0.15) is 0 Å². The summed E-state index contributed by atoms with van der Waals surface area (Å²) in [6.45, 7) is 4.22. The van der Waals surface area contributed by atoms with Gasteiger partial charge in [0.1, 0.15) is 5.75 Å². The molecule has 0 saturated heterocycles. The quantitative estimate of drug-likeness (QED) is 0.760. The summed E-state index contributed by atoms with van der Waals surface area (Å²) in [5.74, 6) is 0.838. The maximum atomic E-state index is 5.26. The van der Waals surface area contributed by atoms with E-state index in [1.54, 1.807) is 7.11 Å². The van der Waals surface area contributed by atoms with Crippen LogP contribution in [0.4, 0.5) is 11.4 Å². The van der Waals surface area contributed by atoms with Crippen LogP contribution in [0.3, 0.4) is 0 Å². The highest BCUT2D eigenvalue weighted by atomic mass is 16.5. The number of hydrogen-bond donors (Lipinski definition) is 1. The number of aryl methyl sites for hydroxylation is 2. The van der Waals surface area contributed by atoms with Gasteiger partial charge in [-0.05, 0) is 43.2 Å². The number of anilines is 2. The Bertz CT molecular complexity index is 796. The molecule has 0 saturated carbocycles. The SMILES string of the molecule is COc1cccc(Nc2ccnc3c(C)c(C)ccc23)c1. The minimum absolute atomic E-state index is 0.838. The highest BCUT2D eigenvalue weighted by Gasteiger charge is 2.06. The van der Waals surface area contributed by atoms with Crippen LogP contribution in [0.5, 0.6) is 5.75 Å². The molecule has 3 rings (SSSR count). The van der Waals surface area contributed by atoms with Gasteiger partial charge in [0.2, 0.25) is 0 Å². The predicted octanol–water partition coefficient (Wildman–Crippen LogP) is 4.60. The summed E-state index contributed by atoms with van der Waals surface area (Å²) < 4.78 is 5.26. The topological polar surface area (TPSA) is 34.1 Å². The molecule has 1 N–H and O–H groups in total. The first-order chi connectivity index (χ1) is 10.2. The van der Waals surface area contributed by atoms with Crippen LogP contribution >= 0.6 is 0 Å². The number of ether oxygens (including phenoxy) is 1. The highest BCUT2D eigenvalue weighted by molar-refractivity contribution is 5.95. The van der Waals surface area contributed by atoms with Crippen LogP contribution in [0.15, 0.2) is 48.7 Å². The van der Waals surface area contributed by atoms with Crippen LogP contribution in [-0.4, -0.2) is 12.1 Å². The maximum absolute atomic E-state index is 5.26. The Hall–Kier alpha value is -2.55. The summed E-state index contributed by atoms with van der Waals surface area (Å²) in [5.41, 5.74) is 5.58. The normalized spacial score (nSPS) is 10.6. The Morgan fingerprint density at radius 2 is 1.90 bits per heavy atom. The van der Waals surface area contributed by atoms with Crippen molar-refractivity contribution >= 4 is 22.3 Å². The van der Waals surface area contributed by atoms with Gasteiger partial charge in [0.05, 0.1) is 12.6 Å². The molecule has 3 nitrogen and oxygen atoms in total. The average molecular weight is 278 g/mol. The Balaban J connectivity index is 2.06. The largest absolute Gasteiger partial charge is 0.497 e. The molecule has 0 fully saturated rings. The van der Waals surface area contributed by atoms with E-state index in [-0.39, 0.29) is 0 Å². The van der Waals surface area contributed by atoms with Crippen molar-refractivity contribution in [1.82, 2.24) is 4.98 Å². The number of nitrogens with zero attached hydrogens (tertiary/aromatic N) is 1. The third-order valence-electron chi connectivity index (χ3n) is 3.79. The molecule has 3 aromatic rings. The van der Waals surface area contributed by atoms with Crippen LogP contribution in [0.2, 0.25) is 0 Å². The van der Waals surface area contributed by atoms with Crippen molar-refractivity contribution in [2.75, 3.05) is 12.4 Å². The lowest BCUT2D eigenvalue weighted by Crippen LogP contribution is -1.95. The highest BCUT2D eigenvalue weighted by Crippen LogP contribution is 2.29. The molecule has 0 amide bonds. The number of methoxy groups -OCH3 is 1. The van der Waals surface area contributed by atoms with Crippen molar-refractivity contribution in [2.24, 2.45) is 0 Å². The second kappa shape index (κ2) is 5.44. The van der Waals surface area contributed by atoms with E-state index >= 15 is 0 Å². The Morgan fingerprint density at radius 1 is 1.05 bits per heavy atom. The molecule has 0 aliphatic carbocycles. The van der Waals surface area contributed by atoms with Gasteiger partial charge >= 0.3 is 0 Å². The van der Waals surface area contributed by atoms with Crippen LogP contribution in [0.1, 0.15) is 11.1 Å². The molecule has 106 valence electrons. The summed E-state index contributed by atoms with van der Waals surface area (Å²) in [4.78, 5) is 4.51. The van der Waals surface area contributed by atoms with E-state index in [1.165, 1.54) is 11.1 Å². The first kappa shape index (κ1) is 13.4. The monoisotopic (exact) mass is 278 g/mol. The minimum atomic E-state index is 0.838. The summed E-state index contributed by atoms with van der Waals surface area (Å²) in [6, 6.07) is 14.2. The van der Waals surface area contributed by atoms with Gasteiger partial charge in [0.15, 0.2) is 0 Å². The van der Waals surface area contributed by atoms with Gasteiger partial charge < -0.3 is 10.1 Å². The third kappa shape index (κ3) is 2.55. The lowest BCUT2D eigenvalue weighted by Gasteiger charge is -2.12. The van der Waals surface area contributed by atoms with Crippen molar-refractivity contribution in [3.63, 3.8) is 0 Å². The number of nitrogens with one attached hydrogen (secondary N) is 1. The van der Waals surface area contributed by atoms with Gasteiger partial charge in [-0.25, -0.2) is 0 Å². The second-order valence-electron chi connectivity index (χ2n) is 5.12. The third-order valence-corrected chi connectivity index (χ3v) is 3.79. The molecule has 0 radical (unpaired) electrons. The number of rotatable bonds is 3. The van der Waals surface area contributed by atoms with Gasteiger partial charge in [-0.15, -0.1) is 0 Å². The fourth-order valence-electron chi connectivity index (χ4n) is 2.43. The zero-order valence-corrected chi connectivity index (χ0v) is 12.5. The Kier molecular flexibility index (Phi) is 3.48. The van der Waals surface area contributed by atoms with E-state index in [0.29, 0.717) is 0 Å². The molecule has 0 atom stereocenters.